The standard InChI is InChI=1S/C24H25FN4O3/c1-15-20(28-13-5-4-7-18(28)26-15)22(30)19-21(16-8-10-17(25)11-9-16)29(24(32)23(19)31)14-6-12-27(2)3/h4-5,7-11,13,19,21H,6,12,14H2,1-3H3. The second-order valence-electron chi connectivity index (χ2n) is 8.33. The number of carbonyl (C=O) groups is 3. The van der Waals surface area contributed by atoms with Crippen LogP contribution in [0.4, 0.5) is 4.39 Å². The highest BCUT2D eigenvalue weighted by Gasteiger charge is 2.52. The maximum atomic E-state index is 13.7. The Balaban J connectivity index is 1.78. The van der Waals surface area contributed by atoms with Crippen LogP contribution in [-0.4, -0.2) is 63.8 Å². The van der Waals surface area contributed by atoms with Crippen molar-refractivity contribution < 1.29 is 18.8 Å². The van der Waals surface area contributed by atoms with E-state index in [9.17, 15) is 18.8 Å². The maximum Gasteiger partial charge on any atom is 0.291 e. The Hall–Kier alpha value is -3.39. The fraction of sp³-hybridized carbons (Fsp3) is 0.333. The van der Waals surface area contributed by atoms with Crippen molar-refractivity contribution in [2.75, 3.05) is 27.2 Å². The molecular formula is C24H25FN4O3. The molecular weight excluding hydrogens is 411 g/mol. The molecule has 2 unspecified atom stereocenters. The van der Waals surface area contributed by atoms with Crippen LogP contribution in [0.5, 0.6) is 0 Å². The lowest BCUT2D eigenvalue weighted by atomic mass is 9.87. The largest absolute Gasteiger partial charge is 0.328 e. The molecule has 0 aliphatic carbocycles. The van der Waals surface area contributed by atoms with Crippen molar-refractivity contribution in [3.8, 4) is 0 Å². The van der Waals surface area contributed by atoms with Crippen molar-refractivity contribution in [2.24, 2.45) is 5.92 Å². The summed E-state index contributed by atoms with van der Waals surface area (Å²) in [5.74, 6) is -3.51. The lowest BCUT2D eigenvalue weighted by Gasteiger charge is -2.27. The number of aryl methyl sites for hydroxylation is 1. The molecule has 0 saturated carbocycles. The molecule has 1 fully saturated rings. The van der Waals surface area contributed by atoms with Crippen LogP contribution in [0.15, 0.2) is 48.7 Å². The highest BCUT2D eigenvalue weighted by atomic mass is 19.1. The molecule has 3 aromatic rings. The zero-order valence-electron chi connectivity index (χ0n) is 18.3. The number of hydrogen-bond acceptors (Lipinski definition) is 5. The Morgan fingerprint density at radius 1 is 1.12 bits per heavy atom. The summed E-state index contributed by atoms with van der Waals surface area (Å²) in [5, 5.41) is 0. The molecule has 1 amide bonds. The first-order chi connectivity index (χ1) is 15.3. The first kappa shape index (κ1) is 21.8. The number of fused-ring (bicyclic) bond motifs is 1. The number of pyridine rings is 1. The molecule has 1 aliphatic rings. The van der Waals surface area contributed by atoms with Gasteiger partial charge in [0.1, 0.15) is 23.1 Å². The summed E-state index contributed by atoms with van der Waals surface area (Å²) < 4.78 is 15.2. The van der Waals surface area contributed by atoms with Crippen LogP contribution in [0, 0.1) is 18.7 Å². The summed E-state index contributed by atoms with van der Waals surface area (Å²) >= 11 is 0. The smallest absolute Gasteiger partial charge is 0.291 e. The number of nitrogens with zero attached hydrogens (tertiary/aromatic N) is 4. The fourth-order valence-corrected chi connectivity index (χ4v) is 4.37. The summed E-state index contributed by atoms with van der Waals surface area (Å²) in [7, 11) is 3.85. The van der Waals surface area contributed by atoms with Crippen molar-refractivity contribution >= 4 is 23.1 Å². The van der Waals surface area contributed by atoms with Crippen molar-refractivity contribution in [2.45, 2.75) is 19.4 Å². The summed E-state index contributed by atoms with van der Waals surface area (Å²) in [4.78, 5) is 47.7. The quantitative estimate of drug-likeness (QED) is 0.323. The predicted molar refractivity (Wildman–Crippen MR) is 117 cm³/mol. The van der Waals surface area contributed by atoms with Gasteiger partial charge in [0.05, 0.1) is 11.7 Å². The molecule has 8 heteroatoms. The molecule has 1 aromatic carbocycles. The van der Waals surface area contributed by atoms with Gasteiger partial charge in [-0.05, 0) is 63.8 Å². The molecule has 0 bridgehead atoms. The zero-order chi connectivity index (χ0) is 23.0. The summed E-state index contributed by atoms with van der Waals surface area (Å²) in [6.07, 6.45) is 2.35. The molecule has 3 heterocycles. The fourth-order valence-electron chi connectivity index (χ4n) is 4.37. The van der Waals surface area contributed by atoms with Gasteiger partial charge in [0.25, 0.3) is 5.91 Å². The lowest BCUT2D eigenvalue weighted by molar-refractivity contribution is -0.140. The highest BCUT2D eigenvalue weighted by Crippen LogP contribution is 2.38. The number of amides is 1. The Kier molecular flexibility index (Phi) is 5.88. The third-order valence-corrected chi connectivity index (χ3v) is 5.84. The van der Waals surface area contributed by atoms with E-state index in [1.165, 1.54) is 29.2 Å². The number of imidazole rings is 1. The van der Waals surface area contributed by atoms with E-state index in [2.05, 4.69) is 4.98 Å². The minimum atomic E-state index is -1.22. The maximum absolute atomic E-state index is 13.7. The van der Waals surface area contributed by atoms with Crippen molar-refractivity contribution in [1.29, 1.82) is 0 Å². The number of benzene rings is 1. The van der Waals surface area contributed by atoms with Gasteiger partial charge in [0.15, 0.2) is 5.78 Å². The number of halogens is 1. The van der Waals surface area contributed by atoms with Gasteiger partial charge in [-0.25, -0.2) is 9.37 Å². The number of carbonyl (C=O) groups excluding carboxylic acids is 3. The van der Waals surface area contributed by atoms with Crippen LogP contribution in [0.2, 0.25) is 0 Å². The van der Waals surface area contributed by atoms with Crippen LogP contribution < -0.4 is 0 Å². The van der Waals surface area contributed by atoms with E-state index in [-0.39, 0.29) is 5.69 Å². The van der Waals surface area contributed by atoms with Crippen LogP contribution in [0.25, 0.3) is 5.65 Å². The lowest BCUT2D eigenvalue weighted by Crippen LogP contribution is -2.33. The summed E-state index contributed by atoms with van der Waals surface area (Å²) in [5.41, 5.74) is 1.92. The molecule has 1 aliphatic heterocycles. The number of aromatic nitrogens is 2. The van der Waals surface area contributed by atoms with Gasteiger partial charge >= 0.3 is 0 Å². The summed E-state index contributed by atoms with van der Waals surface area (Å²) in [6.45, 7) is 2.75. The van der Waals surface area contributed by atoms with Crippen LogP contribution in [0.1, 0.15) is 34.2 Å². The monoisotopic (exact) mass is 436 g/mol. The van der Waals surface area contributed by atoms with Crippen molar-refractivity contribution in [3.05, 3.63) is 71.4 Å². The minimum absolute atomic E-state index is 0.286. The zero-order valence-corrected chi connectivity index (χ0v) is 18.3. The van der Waals surface area contributed by atoms with Gasteiger partial charge in [0, 0.05) is 12.7 Å². The van der Waals surface area contributed by atoms with E-state index < -0.39 is 35.3 Å². The van der Waals surface area contributed by atoms with E-state index in [0.717, 1.165) is 6.54 Å². The van der Waals surface area contributed by atoms with Crippen molar-refractivity contribution in [3.63, 3.8) is 0 Å². The first-order valence-corrected chi connectivity index (χ1v) is 10.5. The second-order valence-corrected chi connectivity index (χ2v) is 8.33. The Morgan fingerprint density at radius 3 is 2.53 bits per heavy atom. The van der Waals surface area contributed by atoms with E-state index in [4.69, 9.17) is 0 Å². The van der Waals surface area contributed by atoms with Gasteiger partial charge in [-0.2, -0.15) is 0 Å². The van der Waals surface area contributed by atoms with E-state index in [0.29, 0.717) is 29.9 Å². The molecule has 32 heavy (non-hydrogen) atoms. The number of ketones is 2. The molecule has 4 rings (SSSR count). The summed E-state index contributed by atoms with van der Waals surface area (Å²) in [6, 6.07) is 10.2. The SMILES string of the molecule is Cc1nc2ccccn2c1C(=O)C1C(=O)C(=O)N(CCCN(C)C)C1c1ccc(F)cc1. The third-order valence-electron chi connectivity index (χ3n) is 5.84. The number of Topliss-reactive ketones (excluding diaryl/α,β-unsaturated/α-hetero) is 2. The molecule has 2 aromatic heterocycles. The molecule has 0 spiro atoms. The van der Waals surface area contributed by atoms with Gasteiger partial charge in [-0.1, -0.05) is 18.2 Å². The number of hydrogen-bond donors (Lipinski definition) is 0. The minimum Gasteiger partial charge on any atom is -0.328 e. The Morgan fingerprint density at radius 2 is 1.84 bits per heavy atom. The van der Waals surface area contributed by atoms with Crippen molar-refractivity contribution in [1.82, 2.24) is 19.2 Å². The molecule has 0 N–H and O–H groups in total. The number of rotatable bonds is 7. The normalized spacial score (nSPS) is 18.8. The van der Waals surface area contributed by atoms with Gasteiger partial charge in [-0.3, -0.25) is 18.8 Å². The van der Waals surface area contributed by atoms with Crippen LogP contribution >= 0.6 is 0 Å². The molecule has 0 radical (unpaired) electrons. The number of likely N-dealkylation sites (tertiary alicyclic amines) is 1. The highest BCUT2D eigenvalue weighted by molar-refractivity contribution is 6.44. The van der Waals surface area contributed by atoms with E-state index >= 15 is 0 Å². The average Bonchev–Trinajstić information content (AvgIpc) is 3.22. The topological polar surface area (TPSA) is 75.0 Å². The van der Waals surface area contributed by atoms with Gasteiger partial charge < -0.3 is 9.80 Å². The Bertz CT molecular complexity index is 1190. The molecule has 166 valence electrons. The van der Waals surface area contributed by atoms with Gasteiger partial charge in [0.2, 0.25) is 5.78 Å². The average molecular weight is 436 g/mol. The second kappa shape index (κ2) is 8.63. The van der Waals surface area contributed by atoms with Crippen LogP contribution in [0.3, 0.4) is 0 Å². The van der Waals surface area contributed by atoms with Crippen LogP contribution in [-0.2, 0) is 9.59 Å². The Labute approximate surface area is 185 Å². The third kappa shape index (κ3) is 3.82. The van der Waals surface area contributed by atoms with E-state index in [1.807, 2.05) is 25.1 Å². The van der Waals surface area contributed by atoms with Gasteiger partial charge in [-0.15, -0.1) is 0 Å². The van der Waals surface area contributed by atoms with E-state index in [1.54, 1.807) is 29.7 Å². The molecule has 7 nitrogen and oxygen atoms in total. The predicted octanol–water partition coefficient (Wildman–Crippen LogP) is 2.69. The molecule has 1 saturated heterocycles. The first-order valence-electron chi connectivity index (χ1n) is 10.5. The molecule has 2 atom stereocenters.